The van der Waals surface area contributed by atoms with Crippen molar-refractivity contribution in [2.24, 2.45) is 5.92 Å². The van der Waals surface area contributed by atoms with Gasteiger partial charge in [-0.3, -0.25) is 9.78 Å². The van der Waals surface area contributed by atoms with Crippen LogP contribution in [0.3, 0.4) is 0 Å². The lowest BCUT2D eigenvalue weighted by atomic mass is 9.83. The molecule has 2 aliphatic rings. The number of aromatic nitrogens is 1. The van der Waals surface area contributed by atoms with Gasteiger partial charge in [0.2, 0.25) is 5.91 Å². The fourth-order valence-corrected chi connectivity index (χ4v) is 2.53. The maximum absolute atomic E-state index is 11.9. The third-order valence-corrected chi connectivity index (χ3v) is 3.92. The van der Waals surface area contributed by atoms with Gasteiger partial charge in [-0.1, -0.05) is 6.42 Å². The molecule has 0 aromatic carbocycles. The highest BCUT2D eigenvalue weighted by molar-refractivity contribution is 5.80. The van der Waals surface area contributed by atoms with Crippen molar-refractivity contribution >= 4 is 11.6 Å². The van der Waals surface area contributed by atoms with Crippen LogP contribution in [0, 0.1) is 12.8 Å². The molecule has 1 aliphatic carbocycles. The quantitative estimate of drug-likeness (QED) is 0.883. The van der Waals surface area contributed by atoms with Gasteiger partial charge < -0.3 is 10.2 Å². The molecule has 0 spiro atoms. The fraction of sp³-hybridized carbons (Fsp3) is 0.571. The normalized spacial score (nSPS) is 20.2. The Bertz CT molecular complexity index is 450. The first-order valence-electron chi connectivity index (χ1n) is 6.70. The maximum atomic E-state index is 11.9. The molecule has 3 rings (SSSR count). The zero-order valence-electron chi connectivity index (χ0n) is 10.7. The summed E-state index contributed by atoms with van der Waals surface area (Å²) in [5, 5.41) is 3.45. The van der Waals surface area contributed by atoms with E-state index in [4.69, 9.17) is 0 Å². The number of carbonyl (C=O) groups excluding carboxylic acids is 1. The maximum Gasteiger partial charge on any atom is 0.225 e. The predicted octanol–water partition coefficient (Wildman–Crippen LogP) is 1.81. The summed E-state index contributed by atoms with van der Waals surface area (Å²) in [6.07, 6.45) is 5.23. The molecule has 1 aliphatic heterocycles. The van der Waals surface area contributed by atoms with Gasteiger partial charge in [0, 0.05) is 36.6 Å². The molecule has 18 heavy (non-hydrogen) atoms. The zero-order valence-corrected chi connectivity index (χ0v) is 10.7. The number of aryl methyl sites for hydroxylation is 1. The van der Waals surface area contributed by atoms with Gasteiger partial charge in [-0.25, -0.2) is 0 Å². The Morgan fingerprint density at radius 3 is 2.83 bits per heavy atom. The van der Waals surface area contributed by atoms with E-state index in [2.05, 4.69) is 10.3 Å². The second-order valence-electron chi connectivity index (χ2n) is 5.40. The Balaban J connectivity index is 1.49. The molecule has 0 radical (unpaired) electrons. The Hall–Kier alpha value is -1.58. The molecule has 1 saturated carbocycles. The summed E-state index contributed by atoms with van der Waals surface area (Å²) in [7, 11) is 0. The van der Waals surface area contributed by atoms with E-state index in [0.29, 0.717) is 17.9 Å². The second-order valence-corrected chi connectivity index (χ2v) is 5.40. The molecular formula is C14H19N3O. The minimum Gasteiger partial charge on any atom is -0.379 e. The van der Waals surface area contributed by atoms with Crippen LogP contribution in [0.25, 0.3) is 0 Å². The number of anilines is 1. The second kappa shape index (κ2) is 4.59. The minimum absolute atomic E-state index is 0.328. The summed E-state index contributed by atoms with van der Waals surface area (Å²) >= 11 is 0. The summed E-state index contributed by atoms with van der Waals surface area (Å²) in [5.74, 6) is 0.694. The van der Waals surface area contributed by atoms with E-state index in [0.717, 1.165) is 37.3 Å². The van der Waals surface area contributed by atoms with Crippen molar-refractivity contribution in [1.82, 2.24) is 9.88 Å². The van der Waals surface area contributed by atoms with Gasteiger partial charge in [0.25, 0.3) is 0 Å². The summed E-state index contributed by atoms with van der Waals surface area (Å²) in [4.78, 5) is 18.1. The van der Waals surface area contributed by atoms with Crippen molar-refractivity contribution in [3.05, 3.63) is 24.0 Å². The first-order chi connectivity index (χ1) is 8.72. The lowest BCUT2D eigenvalue weighted by molar-refractivity contribution is -0.142. The van der Waals surface area contributed by atoms with Crippen LogP contribution in [0.4, 0.5) is 5.69 Å². The highest BCUT2D eigenvalue weighted by atomic mass is 16.2. The summed E-state index contributed by atoms with van der Waals surface area (Å²) < 4.78 is 0. The molecule has 0 atom stereocenters. The third kappa shape index (κ3) is 2.19. The molecule has 1 saturated heterocycles. The lowest BCUT2D eigenvalue weighted by Gasteiger charge is -2.43. The highest BCUT2D eigenvalue weighted by Crippen LogP contribution is 2.30. The SMILES string of the molecule is Cc1cc(NC2CN(C(=O)C3CCC3)C2)ccn1. The van der Waals surface area contributed by atoms with Crippen LogP contribution < -0.4 is 5.32 Å². The van der Waals surface area contributed by atoms with Crippen LogP contribution in [0.15, 0.2) is 18.3 Å². The van der Waals surface area contributed by atoms with Crippen molar-refractivity contribution in [1.29, 1.82) is 0 Å². The largest absolute Gasteiger partial charge is 0.379 e. The summed E-state index contributed by atoms with van der Waals surface area (Å²) in [6, 6.07) is 4.41. The van der Waals surface area contributed by atoms with E-state index in [9.17, 15) is 4.79 Å². The molecule has 4 nitrogen and oxygen atoms in total. The number of hydrogen-bond acceptors (Lipinski definition) is 3. The van der Waals surface area contributed by atoms with Crippen molar-refractivity contribution in [3.8, 4) is 0 Å². The van der Waals surface area contributed by atoms with Crippen molar-refractivity contribution in [2.45, 2.75) is 32.2 Å². The standard InChI is InChI=1S/C14H19N3O/c1-10-7-12(5-6-15-10)16-13-8-17(9-13)14(18)11-3-2-4-11/h5-7,11,13H,2-4,8-9H2,1H3,(H,15,16). The van der Waals surface area contributed by atoms with Gasteiger partial charge in [-0.2, -0.15) is 0 Å². The molecule has 0 unspecified atom stereocenters. The van der Waals surface area contributed by atoms with Gasteiger partial charge >= 0.3 is 0 Å². The van der Waals surface area contributed by atoms with Crippen molar-refractivity contribution < 1.29 is 4.79 Å². The number of amides is 1. The van der Waals surface area contributed by atoms with E-state index in [-0.39, 0.29) is 0 Å². The van der Waals surface area contributed by atoms with E-state index < -0.39 is 0 Å². The van der Waals surface area contributed by atoms with Crippen LogP contribution in [-0.2, 0) is 4.79 Å². The van der Waals surface area contributed by atoms with Crippen molar-refractivity contribution in [2.75, 3.05) is 18.4 Å². The third-order valence-electron chi connectivity index (χ3n) is 3.92. The molecule has 2 heterocycles. The average Bonchev–Trinajstić information content (AvgIpc) is 2.20. The first-order valence-corrected chi connectivity index (χ1v) is 6.70. The Morgan fingerprint density at radius 1 is 1.44 bits per heavy atom. The summed E-state index contributed by atoms with van der Waals surface area (Å²) in [5.41, 5.74) is 2.12. The molecule has 2 fully saturated rings. The number of hydrogen-bond donors (Lipinski definition) is 1. The number of carbonyl (C=O) groups is 1. The number of nitrogens with one attached hydrogen (secondary N) is 1. The van der Waals surface area contributed by atoms with Gasteiger partial charge in [-0.15, -0.1) is 0 Å². The predicted molar refractivity (Wildman–Crippen MR) is 70.3 cm³/mol. The van der Waals surface area contributed by atoms with E-state index >= 15 is 0 Å². The number of nitrogens with zero attached hydrogens (tertiary/aromatic N) is 2. The van der Waals surface area contributed by atoms with Gasteiger partial charge in [-0.05, 0) is 31.9 Å². The fourth-order valence-electron chi connectivity index (χ4n) is 2.53. The van der Waals surface area contributed by atoms with Crippen LogP contribution in [0.2, 0.25) is 0 Å². The van der Waals surface area contributed by atoms with Gasteiger partial charge in [0.1, 0.15) is 0 Å². The van der Waals surface area contributed by atoms with E-state index in [1.807, 2.05) is 30.2 Å². The Morgan fingerprint density at radius 2 is 2.22 bits per heavy atom. The average molecular weight is 245 g/mol. The molecular weight excluding hydrogens is 226 g/mol. The molecule has 1 amide bonds. The summed E-state index contributed by atoms with van der Waals surface area (Å²) in [6.45, 7) is 3.67. The van der Waals surface area contributed by atoms with E-state index in [1.54, 1.807) is 0 Å². The Kier molecular flexibility index (Phi) is 2.94. The highest BCUT2D eigenvalue weighted by Gasteiger charge is 2.36. The van der Waals surface area contributed by atoms with Crippen molar-refractivity contribution in [3.63, 3.8) is 0 Å². The van der Waals surface area contributed by atoms with Gasteiger partial charge in [0.15, 0.2) is 0 Å². The van der Waals surface area contributed by atoms with Crippen LogP contribution in [0.1, 0.15) is 25.0 Å². The lowest BCUT2D eigenvalue weighted by Crippen LogP contribution is -2.58. The van der Waals surface area contributed by atoms with E-state index in [1.165, 1.54) is 6.42 Å². The molecule has 1 aromatic heterocycles. The number of rotatable bonds is 3. The zero-order chi connectivity index (χ0) is 12.5. The Labute approximate surface area is 107 Å². The smallest absolute Gasteiger partial charge is 0.225 e. The molecule has 1 aromatic rings. The topological polar surface area (TPSA) is 45.2 Å². The first kappa shape index (κ1) is 11.5. The number of likely N-dealkylation sites (tertiary alicyclic amines) is 1. The van der Waals surface area contributed by atoms with Crippen LogP contribution >= 0.6 is 0 Å². The monoisotopic (exact) mass is 245 g/mol. The molecule has 1 N–H and O–H groups in total. The number of pyridine rings is 1. The minimum atomic E-state index is 0.328. The van der Waals surface area contributed by atoms with Gasteiger partial charge in [0.05, 0.1) is 6.04 Å². The van der Waals surface area contributed by atoms with Crippen LogP contribution in [0.5, 0.6) is 0 Å². The van der Waals surface area contributed by atoms with Crippen LogP contribution in [-0.4, -0.2) is 34.9 Å². The molecule has 96 valence electrons. The molecule has 4 heteroatoms. The molecule has 0 bridgehead atoms.